The van der Waals surface area contributed by atoms with Crippen LogP contribution in [0.2, 0.25) is 0 Å². The zero-order chi connectivity index (χ0) is 20.9. The molecule has 0 spiro atoms. The fourth-order valence-corrected chi connectivity index (χ4v) is 4.44. The SMILES string of the molecule is COc1ccc(C(=O)NC[C@@H](c2cccnc2)S(=O)(=O)c2ccc(F)cc2)cc1. The van der Waals surface area contributed by atoms with E-state index >= 15 is 0 Å². The first-order valence-electron chi connectivity index (χ1n) is 8.73. The molecule has 29 heavy (non-hydrogen) atoms. The predicted octanol–water partition coefficient (Wildman–Crippen LogP) is 3.17. The zero-order valence-electron chi connectivity index (χ0n) is 15.6. The maximum Gasteiger partial charge on any atom is 0.251 e. The van der Waals surface area contributed by atoms with Gasteiger partial charge in [0.25, 0.3) is 5.91 Å². The summed E-state index contributed by atoms with van der Waals surface area (Å²) in [6.45, 7) is -0.170. The van der Waals surface area contributed by atoms with Crippen molar-refractivity contribution in [2.24, 2.45) is 0 Å². The number of rotatable bonds is 7. The van der Waals surface area contributed by atoms with Gasteiger partial charge in [-0.25, -0.2) is 12.8 Å². The number of amides is 1. The summed E-state index contributed by atoms with van der Waals surface area (Å²) >= 11 is 0. The standard InChI is InChI=1S/C21H19FN2O4S/c1-28-18-8-4-15(5-9-18)21(25)24-14-20(16-3-2-12-23-13-16)29(26,27)19-10-6-17(22)7-11-19/h2-13,20H,14H2,1H3,(H,24,25)/t20-/m0/s1. The zero-order valence-corrected chi connectivity index (χ0v) is 16.4. The minimum absolute atomic E-state index is 0.0357. The predicted molar refractivity (Wildman–Crippen MR) is 106 cm³/mol. The number of benzene rings is 2. The Bertz CT molecular complexity index is 1070. The van der Waals surface area contributed by atoms with Gasteiger partial charge in [0.2, 0.25) is 0 Å². The van der Waals surface area contributed by atoms with E-state index in [0.29, 0.717) is 16.9 Å². The van der Waals surface area contributed by atoms with E-state index in [1.165, 1.54) is 31.6 Å². The molecular formula is C21H19FN2O4S. The van der Waals surface area contributed by atoms with E-state index in [1.807, 2.05) is 0 Å². The lowest BCUT2D eigenvalue weighted by Crippen LogP contribution is -2.32. The Morgan fingerprint density at radius 2 is 1.79 bits per heavy atom. The second-order valence-electron chi connectivity index (χ2n) is 6.21. The Morgan fingerprint density at radius 1 is 1.10 bits per heavy atom. The molecule has 0 aliphatic heterocycles. The molecule has 0 aliphatic rings. The van der Waals surface area contributed by atoms with E-state index in [1.54, 1.807) is 36.4 Å². The van der Waals surface area contributed by atoms with E-state index in [-0.39, 0.29) is 11.4 Å². The molecule has 6 nitrogen and oxygen atoms in total. The number of methoxy groups -OCH3 is 1. The molecule has 0 saturated carbocycles. The molecule has 2 aromatic carbocycles. The van der Waals surface area contributed by atoms with Gasteiger partial charge < -0.3 is 10.1 Å². The number of sulfone groups is 1. The molecule has 150 valence electrons. The smallest absolute Gasteiger partial charge is 0.251 e. The van der Waals surface area contributed by atoms with Gasteiger partial charge in [-0.3, -0.25) is 9.78 Å². The lowest BCUT2D eigenvalue weighted by atomic mass is 10.2. The van der Waals surface area contributed by atoms with Crippen LogP contribution in [0.15, 0.2) is 78.0 Å². The summed E-state index contributed by atoms with van der Waals surface area (Å²) in [6.07, 6.45) is 2.96. The van der Waals surface area contributed by atoms with Crippen LogP contribution >= 0.6 is 0 Å². The van der Waals surface area contributed by atoms with Crippen molar-refractivity contribution in [3.05, 3.63) is 90.0 Å². The van der Waals surface area contributed by atoms with Crippen LogP contribution in [0.25, 0.3) is 0 Å². The van der Waals surface area contributed by atoms with Crippen LogP contribution in [0, 0.1) is 5.82 Å². The molecule has 8 heteroatoms. The number of hydrogen-bond donors (Lipinski definition) is 1. The average Bonchev–Trinajstić information content (AvgIpc) is 2.74. The number of aromatic nitrogens is 1. The summed E-state index contributed by atoms with van der Waals surface area (Å²) in [4.78, 5) is 16.4. The molecule has 1 atom stereocenters. The molecule has 0 unspecified atom stereocenters. The van der Waals surface area contributed by atoms with Gasteiger partial charge in [-0.2, -0.15) is 0 Å². The number of hydrogen-bond acceptors (Lipinski definition) is 5. The van der Waals surface area contributed by atoms with Crippen LogP contribution in [-0.2, 0) is 9.84 Å². The molecule has 0 fully saturated rings. The van der Waals surface area contributed by atoms with Crippen LogP contribution < -0.4 is 10.1 Å². The number of ether oxygens (including phenoxy) is 1. The molecule has 0 bridgehead atoms. The Labute approximate surface area is 168 Å². The topological polar surface area (TPSA) is 85.4 Å². The normalized spacial score (nSPS) is 12.2. The highest BCUT2D eigenvalue weighted by Crippen LogP contribution is 2.28. The molecule has 1 heterocycles. The lowest BCUT2D eigenvalue weighted by molar-refractivity contribution is 0.0953. The summed E-state index contributed by atoms with van der Waals surface area (Å²) in [6, 6.07) is 14.3. The Kier molecular flexibility index (Phi) is 6.23. The van der Waals surface area contributed by atoms with E-state index < -0.39 is 26.8 Å². The van der Waals surface area contributed by atoms with Crippen molar-refractivity contribution in [1.29, 1.82) is 0 Å². The monoisotopic (exact) mass is 414 g/mol. The highest BCUT2D eigenvalue weighted by molar-refractivity contribution is 7.91. The van der Waals surface area contributed by atoms with Crippen molar-refractivity contribution in [3.8, 4) is 5.75 Å². The van der Waals surface area contributed by atoms with Gasteiger partial charge >= 0.3 is 0 Å². The summed E-state index contributed by atoms with van der Waals surface area (Å²) in [5.74, 6) is -0.348. The minimum Gasteiger partial charge on any atom is -0.497 e. The van der Waals surface area contributed by atoms with Gasteiger partial charge in [-0.1, -0.05) is 6.07 Å². The third-order valence-corrected chi connectivity index (χ3v) is 6.49. The van der Waals surface area contributed by atoms with Gasteiger partial charge in [0, 0.05) is 24.5 Å². The molecule has 3 aromatic rings. The number of carbonyl (C=O) groups excluding carboxylic acids is 1. The van der Waals surface area contributed by atoms with E-state index in [9.17, 15) is 17.6 Å². The van der Waals surface area contributed by atoms with Crippen LogP contribution in [0.1, 0.15) is 21.2 Å². The van der Waals surface area contributed by atoms with E-state index in [2.05, 4.69) is 10.3 Å². The molecule has 3 rings (SSSR count). The number of carbonyl (C=O) groups is 1. The number of halogens is 1. The first kappa shape index (κ1) is 20.5. The summed E-state index contributed by atoms with van der Waals surface area (Å²) in [7, 11) is -2.38. The van der Waals surface area contributed by atoms with E-state index in [0.717, 1.165) is 12.1 Å². The third kappa shape index (κ3) is 4.78. The molecule has 0 saturated heterocycles. The second-order valence-corrected chi connectivity index (χ2v) is 8.34. The molecule has 1 aromatic heterocycles. The molecule has 1 N–H and O–H groups in total. The molecule has 0 aliphatic carbocycles. The summed E-state index contributed by atoms with van der Waals surface area (Å²) in [5, 5.41) is 1.58. The molecular weight excluding hydrogens is 395 g/mol. The largest absolute Gasteiger partial charge is 0.497 e. The van der Waals surface area contributed by atoms with Crippen LogP contribution in [0.4, 0.5) is 4.39 Å². The summed E-state index contributed by atoms with van der Waals surface area (Å²) in [5.41, 5.74) is 0.793. The number of pyridine rings is 1. The van der Waals surface area contributed by atoms with Crippen molar-refractivity contribution < 1.29 is 22.3 Å². The maximum absolute atomic E-state index is 13.2. The first-order valence-corrected chi connectivity index (χ1v) is 10.3. The van der Waals surface area contributed by atoms with Gasteiger partial charge in [-0.05, 0) is 60.2 Å². The van der Waals surface area contributed by atoms with Crippen molar-refractivity contribution in [3.63, 3.8) is 0 Å². The van der Waals surface area contributed by atoms with Crippen molar-refractivity contribution in [1.82, 2.24) is 10.3 Å². The lowest BCUT2D eigenvalue weighted by Gasteiger charge is -2.19. The van der Waals surface area contributed by atoms with Crippen molar-refractivity contribution in [2.45, 2.75) is 10.1 Å². The fraction of sp³-hybridized carbons (Fsp3) is 0.143. The molecule has 0 radical (unpaired) electrons. The van der Waals surface area contributed by atoms with Crippen molar-refractivity contribution in [2.75, 3.05) is 13.7 Å². The Morgan fingerprint density at radius 3 is 2.38 bits per heavy atom. The van der Waals surface area contributed by atoms with Crippen LogP contribution in [0.3, 0.4) is 0 Å². The Hall–Kier alpha value is -3.26. The van der Waals surface area contributed by atoms with E-state index in [4.69, 9.17) is 4.74 Å². The van der Waals surface area contributed by atoms with Crippen molar-refractivity contribution >= 4 is 15.7 Å². The van der Waals surface area contributed by atoms with Gasteiger partial charge in [0.05, 0.1) is 12.0 Å². The fourth-order valence-electron chi connectivity index (χ4n) is 2.79. The second kappa shape index (κ2) is 8.83. The van der Waals surface area contributed by atoms with Gasteiger partial charge in [-0.15, -0.1) is 0 Å². The first-order chi connectivity index (χ1) is 13.9. The highest BCUT2D eigenvalue weighted by Gasteiger charge is 2.30. The Balaban J connectivity index is 1.86. The average molecular weight is 414 g/mol. The quantitative estimate of drug-likeness (QED) is 0.600. The third-order valence-electron chi connectivity index (χ3n) is 4.37. The number of nitrogens with one attached hydrogen (secondary N) is 1. The maximum atomic E-state index is 13.2. The summed E-state index contributed by atoms with van der Waals surface area (Å²) < 4.78 is 44.6. The molecule has 1 amide bonds. The van der Waals surface area contributed by atoms with Crippen LogP contribution in [0.5, 0.6) is 5.75 Å². The van der Waals surface area contributed by atoms with Gasteiger partial charge in [0.1, 0.15) is 16.8 Å². The minimum atomic E-state index is -3.90. The van der Waals surface area contributed by atoms with Crippen LogP contribution in [-0.4, -0.2) is 33.0 Å². The highest BCUT2D eigenvalue weighted by atomic mass is 32.2. The van der Waals surface area contributed by atoms with Gasteiger partial charge in [0.15, 0.2) is 9.84 Å². The number of nitrogens with zero attached hydrogens (tertiary/aromatic N) is 1.